The van der Waals surface area contributed by atoms with Crippen LogP contribution < -0.4 is 0 Å². The zero-order chi connectivity index (χ0) is 14.3. The zero-order valence-electron chi connectivity index (χ0n) is 10.6. The first kappa shape index (κ1) is 12.7. The summed E-state index contributed by atoms with van der Waals surface area (Å²) in [4.78, 5) is 33.9. The van der Waals surface area contributed by atoms with Crippen molar-refractivity contribution in [2.75, 3.05) is 0 Å². The second kappa shape index (κ2) is 4.68. The van der Waals surface area contributed by atoms with Gasteiger partial charge in [-0.25, -0.2) is 4.98 Å². The molecule has 0 N–H and O–H groups in total. The molecule has 1 aromatic carbocycles. The molecular formula is C14H10ClN3O2. The summed E-state index contributed by atoms with van der Waals surface area (Å²) in [5, 5.41) is 0.191. The topological polar surface area (TPSA) is 63.2 Å². The Labute approximate surface area is 120 Å². The molecule has 0 fully saturated rings. The van der Waals surface area contributed by atoms with E-state index in [1.165, 1.54) is 17.3 Å². The molecule has 100 valence electrons. The number of fused-ring (bicyclic) bond motifs is 1. The third-order valence-electron chi connectivity index (χ3n) is 3.29. The van der Waals surface area contributed by atoms with E-state index >= 15 is 0 Å². The largest absolute Gasteiger partial charge is 0.269 e. The first-order chi connectivity index (χ1) is 9.61. The summed E-state index contributed by atoms with van der Waals surface area (Å²) >= 11 is 5.98. The van der Waals surface area contributed by atoms with Crippen molar-refractivity contribution in [3.05, 3.63) is 58.6 Å². The Morgan fingerprint density at radius 1 is 1.05 bits per heavy atom. The average Bonchev–Trinajstić information content (AvgIpc) is 2.71. The lowest BCUT2D eigenvalue weighted by atomic mass is 10.1. The Morgan fingerprint density at radius 2 is 1.60 bits per heavy atom. The normalized spacial score (nSPS) is 15.4. The number of benzene rings is 1. The van der Waals surface area contributed by atoms with Crippen molar-refractivity contribution in [3.63, 3.8) is 0 Å². The van der Waals surface area contributed by atoms with Gasteiger partial charge in [0.1, 0.15) is 5.69 Å². The Kier molecular flexibility index (Phi) is 2.99. The molecule has 0 spiro atoms. The highest BCUT2D eigenvalue weighted by molar-refractivity contribution is 6.30. The third-order valence-corrected chi connectivity index (χ3v) is 3.58. The highest BCUT2D eigenvalue weighted by Gasteiger charge is 2.39. The number of carbonyl (C=O) groups excluding carboxylic acids is 2. The summed E-state index contributed by atoms with van der Waals surface area (Å²) in [5.41, 5.74) is 1.22. The fourth-order valence-corrected chi connectivity index (χ4v) is 2.56. The van der Waals surface area contributed by atoms with Crippen LogP contribution in [0.4, 0.5) is 0 Å². The summed E-state index contributed by atoms with van der Waals surface area (Å²) in [6.07, 6.45) is 2.94. The summed E-state index contributed by atoms with van der Waals surface area (Å²) in [7, 11) is 0. The second-order valence-corrected chi connectivity index (χ2v) is 4.79. The van der Waals surface area contributed by atoms with Crippen molar-refractivity contribution in [1.82, 2.24) is 14.9 Å². The molecule has 2 heterocycles. The van der Waals surface area contributed by atoms with E-state index in [9.17, 15) is 9.59 Å². The molecule has 20 heavy (non-hydrogen) atoms. The highest BCUT2D eigenvalue weighted by Crippen LogP contribution is 2.32. The van der Waals surface area contributed by atoms with Gasteiger partial charge in [-0.1, -0.05) is 23.7 Å². The molecule has 3 rings (SSSR count). The molecule has 0 saturated carbocycles. The maximum atomic E-state index is 12.3. The van der Waals surface area contributed by atoms with Crippen LogP contribution in [0.1, 0.15) is 39.4 Å². The smallest absolute Gasteiger partial charge is 0.262 e. The lowest BCUT2D eigenvalue weighted by molar-refractivity contribution is 0.0592. The van der Waals surface area contributed by atoms with Crippen LogP contribution in [0, 0.1) is 0 Å². The molecule has 0 radical (unpaired) electrons. The molecular weight excluding hydrogens is 278 g/mol. The van der Waals surface area contributed by atoms with Crippen molar-refractivity contribution >= 4 is 23.4 Å². The van der Waals surface area contributed by atoms with Gasteiger partial charge in [-0.2, -0.15) is 0 Å². The third kappa shape index (κ3) is 1.78. The molecule has 0 saturated heterocycles. The van der Waals surface area contributed by atoms with Gasteiger partial charge < -0.3 is 0 Å². The van der Waals surface area contributed by atoms with Crippen LogP contribution >= 0.6 is 11.6 Å². The van der Waals surface area contributed by atoms with Gasteiger partial charge in [-0.15, -0.1) is 0 Å². The molecule has 1 aliphatic rings. The lowest BCUT2D eigenvalue weighted by Gasteiger charge is -2.22. The molecule has 1 aromatic heterocycles. The Bertz CT molecular complexity index is 682. The molecule has 2 amide bonds. The average molecular weight is 288 g/mol. The van der Waals surface area contributed by atoms with Gasteiger partial charge in [0, 0.05) is 12.4 Å². The van der Waals surface area contributed by atoms with Crippen LogP contribution in [0.15, 0.2) is 36.7 Å². The molecule has 0 bridgehead atoms. The van der Waals surface area contributed by atoms with E-state index in [4.69, 9.17) is 11.6 Å². The van der Waals surface area contributed by atoms with E-state index in [-0.39, 0.29) is 17.0 Å². The van der Waals surface area contributed by atoms with Crippen LogP contribution in [-0.4, -0.2) is 26.7 Å². The van der Waals surface area contributed by atoms with Crippen LogP contribution in [0.3, 0.4) is 0 Å². The Balaban J connectivity index is 2.03. The zero-order valence-corrected chi connectivity index (χ0v) is 11.3. The number of halogens is 1. The van der Waals surface area contributed by atoms with E-state index in [0.717, 1.165) is 0 Å². The van der Waals surface area contributed by atoms with Crippen molar-refractivity contribution < 1.29 is 9.59 Å². The van der Waals surface area contributed by atoms with Gasteiger partial charge in [-0.3, -0.25) is 19.5 Å². The van der Waals surface area contributed by atoms with E-state index in [0.29, 0.717) is 16.8 Å². The molecule has 1 unspecified atom stereocenters. The standard InChI is InChI=1S/C14H10ClN3O2/c1-8(11-12(15)17-7-6-16-11)18-13(19)9-4-2-3-5-10(9)14(18)20/h2-8H,1H3. The first-order valence-electron chi connectivity index (χ1n) is 6.04. The summed E-state index contributed by atoms with van der Waals surface area (Å²) in [6.45, 7) is 1.71. The minimum Gasteiger partial charge on any atom is -0.269 e. The maximum Gasteiger partial charge on any atom is 0.262 e. The van der Waals surface area contributed by atoms with E-state index in [2.05, 4.69) is 9.97 Å². The number of imide groups is 1. The van der Waals surface area contributed by atoms with Crippen LogP contribution in [0.25, 0.3) is 0 Å². The Morgan fingerprint density at radius 3 is 2.15 bits per heavy atom. The van der Waals surface area contributed by atoms with Gasteiger partial charge in [0.05, 0.1) is 17.2 Å². The number of hydrogen-bond donors (Lipinski definition) is 0. The van der Waals surface area contributed by atoms with Crippen LogP contribution in [0.5, 0.6) is 0 Å². The van der Waals surface area contributed by atoms with Crippen LogP contribution in [-0.2, 0) is 0 Å². The minimum atomic E-state index is -0.566. The van der Waals surface area contributed by atoms with Gasteiger partial charge in [0.15, 0.2) is 5.15 Å². The van der Waals surface area contributed by atoms with Crippen LogP contribution in [0.2, 0.25) is 5.15 Å². The van der Waals surface area contributed by atoms with Gasteiger partial charge >= 0.3 is 0 Å². The number of aromatic nitrogens is 2. The fourth-order valence-electron chi connectivity index (χ4n) is 2.29. The van der Waals surface area contributed by atoms with E-state index < -0.39 is 6.04 Å². The van der Waals surface area contributed by atoms with Gasteiger partial charge in [0.2, 0.25) is 0 Å². The molecule has 1 atom stereocenters. The van der Waals surface area contributed by atoms with Crippen molar-refractivity contribution in [1.29, 1.82) is 0 Å². The quantitative estimate of drug-likeness (QED) is 0.796. The molecule has 1 aliphatic heterocycles. The fraction of sp³-hybridized carbons (Fsp3) is 0.143. The van der Waals surface area contributed by atoms with Crippen molar-refractivity contribution in [2.45, 2.75) is 13.0 Å². The highest BCUT2D eigenvalue weighted by atomic mass is 35.5. The molecule has 5 nitrogen and oxygen atoms in total. The second-order valence-electron chi connectivity index (χ2n) is 4.43. The lowest BCUT2D eigenvalue weighted by Crippen LogP contribution is -2.33. The summed E-state index contributed by atoms with van der Waals surface area (Å²) < 4.78 is 0. The molecule has 6 heteroatoms. The van der Waals surface area contributed by atoms with Crippen molar-refractivity contribution in [3.8, 4) is 0 Å². The van der Waals surface area contributed by atoms with Gasteiger partial charge in [0.25, 0.3) is 11.8 Å². The predicted molar refractivity (Wildman–Crippen MR) is 72.4 cm³/mol. The van der Waals surface area contributed by atoms with Gasteiger partial charge in [-0.05, 0) is 19.1 Å². The summed E-state index contributed by atoms with van der Waals surface area (Å²) in [6, 6.07) is 6.17. The first-order valence-corrected chi connectivity index (χ1v) is 6.42. The number of rotatable bonds is 2. The molecule has 0 aliphatic carbocycles. The van der Waals surface area contributed by atoms with E-state index in [1.54, 1.807) is 31.2 Å². The molecule has 2 aromatic rings. The summed E-state index contributed by atoms with van der Waals surface area (Å²) in [5.74, 6) is -0.667. The predicted octanol–water partition coefficient (Wildman–Crippen LogP) is 2.49. The number of carbonyl (C=O) groups is 2. The van der Waals surface area contributed by atoms with Crippen molar-refractivity contribution in [2.24, 2.45) is 0 Å². The number of amides is 2. The SMILES string of the molecule is CC(c1nccnc1Cl)N1C(=O)c2ccccc2C1=O. The minimum absolute atomic E-state index is 0.191. The number of hydrogen-bond acceptors (Lipinski definition) is 4. The maximum absolute atomic E-state index is 12.3. The monoisotopic (exact) mass is 287 g/mol. The Hall–Kier alpha value is -2.27. The van der Waals surface area contributed by atoms with E-state index in [1.807, 2.05) is 0 Å². The number of nitrogens with zero attached hydrogens (tertiary/aromatic N) is 3.